The van der Waals surface area contributed by atoms with Gasteiger partial charge in [0, 0.05) is 12.5 Å². The molecule has 2 amide bonds. The molecule has 1 unspecified atom stereocenters. The van der Waals surface area contributed by atoms with Gasteiger partial charge in [-0.15, -0.1) is 0 Å². The Labute approximate surface area is 244 Å². The first-order valence-corrected chi connectivity index (χ1v) is 14.3. The highest BCUT2D eigenvalue weighted by molar-refractivity contribution is 7.17. The van der Waals surface area contributed by atoms with Crippen LogP contribution < -0.4 is 15.2 Å². The van der Waals surface area contributed by atoms with Gasteiger partial charge in [-0.3, -0.25) is 24.1 Å². The van der Waals surface area contributed by atoms with Gasteiger partial charge in [0.1, 0.15) is 5.58 Å². The maximum atomic E-state index is 15.0. The summed E-state index contributed by atoms with van der Waals surface area (Å²) in [5.74, 6) is -1.53. The molecule has 42 heavy (non-hydrogen) atoms. The van der Waals surface area contributed by atoms with Gasteiger partial charge in [0.2, 0.25) is 5.76 Å². The van der Waals surface area contributed by atoms with Gasteiger partial charge in [-0.25, -0.2) is 4.98 Å². The molecular weight excluding hydrogens is 550 g/mol. The van der Waals surface area contributed by atoms with Gasteiger partial charge in [0.15, 0.2) is 21.9 Å². The quantitative estimate of drug-likeness (QED) is 0.250. The monoisotopic (exact) mass is 575 g/mol. The first kappa shape index (κ1) is 26.0. The lowest BCUT2D eigenvalue weighted by molar-refractivity contribution is -0.121. The molecule has 2 aromatic heterocycles. The summed E-state index contributed by atoms with van der Waals surface area (Å²) in [5, 5.41) is 0.430. The number of benzene rings is 3. The molecule has 0 saturated heterocycles. The van der Waals surface area contributed by atoms with Gasteiger partial charge >= 0.3 is 0 Å². The van der Waals surface area contributed by atoms with E-state index in [9.17, 15) is 14.4 Å². The maximum Gasteiger partial charge on any atom is 0.297 e. The molecule has 1 atom stereocenters. The smallest absolute Gasteiger partial charge is 0.297 e. The summed E-state index contributed by atoms with van der Waals surface area (Å²) in [6, 6.07) is 20.2. The molecule has 9 heteroatoms. The first-order valence-electron chi connectivity index (χ1n) is 13.5. The predicted molar refractivity (Wildman–Crippen MR) is 160 cm³/mol. The zero-order chi connectivity index (χ0) is 29.5. The van der Waals surface area contributed by atoms with E-state index in [1.54, 1.807) is 42.2 Å². The second-order valence-corrected chi connectivity index (χ2v) is 11.8. The van der Waals surface area contributed by atoms with Crippen molar-refractivity contribution in [2.24, 2.45) is 0 Å². The Balaban J connectivity index is 1.57. The molecule has 0 radical (unpaired) electrons. The molecule has 0 bridgehead atoms. The number of carbonyl (C=O) groups is 3. The van der Waals surface area contributed by atoms with Crippen LogP contribution in [0, 0.1) is 20.8 Å². The van der Waals surface area contributed by atoms with Crippen LogP contribution in [0.3, 0.4) is 0 Å². The summed E-state index contributed by atoms with van der Waals surface area (Å²) in [7, 11) is 0. The third kappa shape index (κ3) is 3.43. The van der Waals surface area contributed by atoms with E-state index in [1.165, 1.54) is 11.8 Å². The Hall–Kier alpha value is -4.89. The standard InChI is InChI=1S/C33H25N3O5S/c1-17-8-7-9-21(14-17)16-35-24-11-6-5-10-23(24)33(31(35)40)26-27(38)22-15-18(2)12-13-25(22)41-28(26)30(39)36(33)32-34-19(3)29(42-32)20(4)37/h5-15H,16H2,1-4H3. The molecule has 208 valence electrons. The first-order chi connectivity index (χ1) is 20.1. The lowest BCUT2D eigenvalue weighted by atomic mass is 9.84. The van der Waals surface area contributed by atoms with Crippen LogP contribution in [0.5, 0.6) is 0 Å². The second kappa shape index (κ2) is 9.06. The Morgan fingerprint density at radius 1 is 0.952 bits per heavy atom. The average molecular weight is 576 g/mol. The summed E-state index contributed by atoms with van der Waals surface area (Å²) in [5.41, 5.74) is 2.18. The second-order valence-electron chi connectivity index (χ2n) is 10.9. The molecule has 5 aromatic rings. The number of amides is 2. The topological polar surface area (TPSA) is 101 Å². The van der Waals surface area contributed by atoms with E-state index in [-0.39, 0.29) is 39.8 Å². The van der Waals surface area contributed by atoms with Crippen molar-refractivity contribution in [1.82, 2.24) is 4.98 Å². The van der Waals surface area contributed by atoms with Crippen LogP contribution in [0.2, 0.25) is 0 Å². The van der Waals surface area contributed by atoms with Crippen molar-refractivity contribution in [2.45, 2.75) is 39.8 Å². The van der Waals surface area contributed by atoms with Crippen LogP contribution in [-0.2, 0) is 16.9 Å². The number of thiazole rings is 1. The minimum atomic E-state index is -1.87. The molecule has 1 spiro atoms. The number of nitrogens with zero attached hydrogens (tertiary/aromatic N) is 3. The number of fused-ring (bicyclic) bond motifs is 5. The van der Waals surface area contributed by atoms with Gasteiger partial charge in [0.05, 0.1) is 33.8 Å². The average Bonchev–Trinajstić information content (AvgIpc) is 3.54. The predicted octanol–water partition coefficient (Wildman–Crippen LogP) is 5.83. The van der Waals surface area contributed by atoms with E-state index >= 15 is 4.79 Å². The van der Waals surface area contributed by atoms with Gasteiger partial charge in [-0.2, -0.15) is 0 Å². The number of carbonyl (C=O) groups excluding carboxylic acids is 3. The van der Waals surface area contributed by atoms with Crippen molar-refractivity contribution < 1.29 is 18.8 Å². The number of para-hydroxylation sites is 1. The van der Waals surface area contributed by atoms with Crippen LogP contribution in [0.4, 0.5) is 10.8 Å². The van der Waals surface area contributed by atoms with Crippen molar-refractivity contribution >= 4 is 50.7 Å². The van der Waals surface area contributed by atoms with Gasteiger partial charge in [0.25, 0.3) is 11.8 Å². The van der Waals surface area contributed by atoms with Gasteiger partial charge < -0.3 is 9.32 Å². The third-order valence-electron chi connectivity index (χ3n) is 8.00. The number of hydrogen-bond donors (Lipinski definition) is 0. The molecule has 0 fully saturated rings. The van der Waals surface area contributed by atoms with Gasteiger partial charge in [-0.1, -0.05) is 71.0 Å². The molecular formula is C33H25N3O5S. The fourth-order valence-corrected chi connectivity index (χ4v) is 7.24. The van der Waals surface area contributed by atoms with Crippen LogP contribution in [-0.4, -0.2) is 22.6 Å². The van der Waals surface area contributed by atoms with Crippen molar-refractivity contribution in [2.75, 3.05) is 9.80 Å². The molecule has 8 nitrogen and oxygen atoms in total. The molecule has 4 heterocycles. The number of Topliss-reactive ketones (excluding diaryl/α,β-unsaturated/α-hetero) is 1. The lowest BCUT2D eigenvalue weighted by Gasteiger charge is -2.32. The largest absolute Gasteiger partial charge is 0.450 e. The molecule has 3 aromatic carbocycles. The van der Waals surface area contributed by atoms with E-state index in [4.69, 9.17) is 4.42 Å². The minimum absolute atomic E-state index is 0.0352. The Morgan fingerprint density at radius 3 is 2.45 bits per heavy atom. The maximum absolute atomic E-state index is 15.0. The minimum Gasteiger partial charge on any atom is -0.450 e. The fourth-order valence-electron chi connectivity index (χ4n) is 6.23. The number of ketones is 1. The van der Waals surface area contributed by atoms with Crippen molar-refractivity contribution in [3.05, 3.63) is 121 Å². The number of rotatable bonds is 4. The zero-order valence-electron chi connectivity index (χ0n) is 23.3. The number of hydrogen-bond acceptors (Lipinski definition) is 7. The fraction of sp³-hybridized carbons (Fsp3) is 0.182. The van der Waals surface area contributed by atoms with Crippen molar-refractivity contribution in [1.29, 1.82) is 0 Å². The van der Waals surface area contributed by atoms with Gasteiger partial charge in [-0.05, 0) is 44.5 Å². The highest BCUT2D eigenvalue weighted by atomic mass is 32.1. The number of anilines is 2. The number of aromatic nitrogens is 1. The van der Waals surface area contributed by atoms with E-state index in [0.717, 1.165) is 28.0 Å². The molecule has 2 aliphatic rings. The summed E-state index contributed by atoms with van der Waals surface area (Å²) in [6.45, 7) is 7.19. The van der Waals surface area contributed by atoms with E-state index in [2.05, 4.69) is 4.98 Å². The normalized spacial score (nSPS) is 17.4. The molecule has 0 saturated carbocycles. The van der Waals surface area contributed by atoms with E-state index < -0.39 is 22.8 Å². The molecule has 2 aliphatic heterocycles. The van der Waals surface area contributed by atoms with Crippen LogP contribution in [0.25, 0.3) is 11.0 Å². The summed E-state index contributed by atoms with van der Waals surface area (Å²) in [4.78, 5) is 64.1. The van der Waals surface area contributed by atoms with Crippen molar-refractivity contribution in [3.63, 3.8) is 0 Å². The summed E-state index contributed by atoms with van der Waals surface area (Å²) >= 11 is 1.03. The highest BCUT2D eigenvalue weighted by Gasteiger charge is 2.66. The van der Waals surface area contributed by atoms with Crippen LogP contribution in [0.1, 0.15) is 60.7 Å². The van der Waals surface area contributed by atoms with Crippen LogP contribution in [0.15, 0.2) is 75.9 Å². The Bertz CT molecular complexity index is 2080. The van der Waals surface area contributed by atoms with Crippen LogP contribution >= 0.6 is 11.3 Å². The zero-order valence-corrected chi connectivity index (χ0v) is 24.2. The molecule has 0 N–H and O–H groups in total. The highest BCUT2D eigenvalue weighted by Crippen LogP contribution is 2.55. The van der Waals surface area contributed by atoms with Crippen molar-refractivity contribution in [3.8, 4) is 0 Å². The van der Waals surface area contributed by atoms with E-state index in [1.807, 2.05) is 50.2 Å². The lowest BCUT2D eigenvalue weighted by Crippen LogP contribution is -2.53. The summed E-state index contributed by atoms with van der Waals surface area (Å²) in [6.07, 6.45) is 0. The summed E-state index contributed by atoms with van der Waals surface area (Å²) < 4.78 is 6.16. The Kier molecular flexibility index (Phi) is 5.61. The number of aryl methyl sites for hydroxylation is 3. The molecule has 7 rings (SSSR count). The van der Waals surface area contributed by atoms with E-state index in [0.29, 0.717) is 21.8 Å². The molecule has 0 aliphatic carbocycles. The third-order valence-corrected chi connectivity index (χ3v) is 9.24. The SMILES string of the molecule is CC(=O)c1sc(N2C(=O)c3oc4ccc(C)cc4c(=O)c3C23C(=O)N(Cc2cccc(C)c2)c2ccccc23)nc1C. The Morgan fingerprint density at radius 2 is 1.71 bits per heavy atom.